The maximum absolute atomic E-state index is 12.8. The Morgan fingerprint density at radius 2 is 1.75 bits per heavy atom. The average molecular weight is 456 g/mol. The van der Waals surface area contributed by atoms with Crippen LogP contribution < -0.4 is 20.1 Å². The van der Waals surface area contributed by atoms with Crippen molar-refractivity contribution in [2.45, 2.75) is 18.9 Å². The zero-order valence-electron chi connectivity index (χ0n) is 17.7. The Kier molecular flexibility index (Phi) is 6.84. The Labute approximate surface area is 190 Å². The van der Waals surface area contributed by atoms with Crippen molar-refractivity contribution in [1.29, 1.82) is 0 Å². The largest absolute Gasteiger partial charge is 0.497 e. The molecular formula is C23H25N3O5S. The summed E-state index contributed by atoms with van der Waals surface area (Å²) in [7, 11) is 1.58. The maximum atomic E-state index is 12.8. The minimum Gasteiger partial charge on any atom is -0.497 e. The molecule has 1 unspecified atom stereocenters. The molecule has 4 rings (SSSR count). The smallest absolute Gasteiger partial charge is 0.261 e. The maximum Gasteiger partial charge on any atom is 0.261 e. The van der Waals surface area contributed by atoms with Gasteiger partial charge in [0.25, 0.3) is 5.91 Å². The summed E-state index contributed by atoms with van der Waals surface area (Å²) in [6.45, 7) is -0.188. The molecule has 2 fully saturated rings. The molecule has 0 aromatic heterocycles. The third kappa shape index (κ3) is 5.53. The molecule has 1 saturated carbocycles. The second-order valence-electron chi connectivity index (χ2n) is 7.68. The number of hydrogen-bond donors (Lipinski definition) is 2. The summed E-state index contributed by atoms with van der Waals surface area (Å²) in [5, 5.41) is 5.71. The van der Waals surface area contributed by atoms with Gasteiger partial charge in [0.15, 0.2) is 6.61 Å². The van der Waals surface area contributed by atoms with Crippen molar-refractivity contribution in [2.75, 3.05) is 36.0 Å². The molecule has 2 N–H and O–H groups in total. The molecule has 168 valence electrons. The first-order valence-corrected chi connectivity index (χ1v) is 11.5. The van der Waals surface area contributed by atoms with Crippen LogP contribution in [0.25, 0.3) is 0 Å². The molecule has 1 saturated heterocycles. The first-order chi connectivity index (χ1) is 15.5. The van der Waals surface area contributed by atoms with E-state index in [0.29, 0.717) is 34.5 Å². The number of methoxy groups -OCH3 is 1. The number of benzene rings is 2. The molecule has 0 radical (unpaired) electrons. The molecule has 2 aromatic carbocycles. The highest BCUT2D eigenvalue weighted by Gasteiger charge is 2.35. The average Bonchev–Trinajstić information content (AvgIpc) is 3.54. The second kappa shape index (κ2) is 9.95. The van der Waals surface area contributed by atoms with Gasteiger partial charge in [-0.3, -0.25) is 14.4 Å². The summed E-state index contributed by atoms with van der Waals surface area (Å²) in [6, 6.07) is 13.4. The van der Waals surface area contributed by atoms with Gasteiger partial charge in [-0.05, 0) is 49.2 Å². The molecule has 9 heteroatoms. The van der Waals surface area contributed by atoms with E-state index < -0.39 is 6.04 Å². The van der Waals surface area contributed by atoms with Gasteiger partial charge in [0.2, 0.25) is 11.8 Å². The number of carbonyl (C=O) groups is 3. The fourth-order valence-electron chi connectivity index (χ4n) is 3.29. The van der Waals surface area contributed by atoms with E-state index in [9.17, 15) is 14.4 Å². The number of thioether (sulfide) groups is 1. The highest BCUT2D eigenvalue weighted by atomic mass is 32.2. The zero-order valence-corrected chi connectivity index (χ0v) is 18.5. The molecule has 1 aliphatic heterocycles. The van der Waals surface area contributed by atoms with E-state index in [4.69, 9.17) is 9.47 Å². The first-order valence-electron chi connectivity index (χ1n) is 10.4. The van der Waals surface area contributed by atoms with Crippen LogP contribution in [0.15, 0.2) is 48.5 Å². The van der Waals surface area contributed by atoms with Crippen LogP contribution in [0.1, 0.15) is 12.8 Å². The molecule has 32 heavy (non-hydrogen) atoms. The summed E-state index contributed by atoms with van der Waals surface area (Å²) >= 11 is 1.52. The van der Waals surface area contributed by atoms with Crippen LogP contribution in [0.2, 0.25) is 0 Å². The molecule has 3 amide bonds. The van der Waals surface area contributed by atoms with Crippen LogP contribution in [0.4, 0.5) is 11.4 Å². The van der Waals surface area contributed by atoms with Crippen LogP contribution in [0.5, 0.6) is 11.5 Å². The normalized spacial score (nSPS) is 17.5. The lowest BCUT2D eigenvalue weighted by Gasteiger charge is -2.23. The van der Waals surface area contributed by atoms with E-state index in [1.54, 1.807) is 55.6 Å². The SMILES string of the molecule is COc1ccc(NC(=O)C2CSCN2C(=O)COc2cccc(NC(=O)C3CC3)c2)cc1. The van der Waals surface area contributed by atoms with E-state index in [2.05, 4.69) is 10.6 Å². The lowest BCUT2D eigenvalue weighted by atomic mass is 10.2. The zero-order chi connectivity index (χ0) is 22.5. The van der Waals surface area contributed by atoms with Crippen molar-refractivity contribution >= 4 is 40.9 Å². The van der Waals surface area contributed by atoms with Crippen LogP contribution in [0, 0.1) is 5.92 Å². The van der Waals surface area contributed by atoms with Gasteiger partial charge in [0.1, 0.15) is 17.5 Å². The number of carbonyl (C=O) groups excluding carboxylic acids is 3. The van der Waals surface area contributed by atoms with E-state index in [-0.39, 0.29) is 30.2 Å². The molecule has 8 nitrogen and oxygen atoms in total. The summed E-state index contributed by atoms with van der Waals surface area (Å²) in [5.41, 5.74) is 1.28. The van der Waals surface area contributed by atoms with E-state index in [0.717, 1.165) is 12.8 Å². The Morgan fingerprint density at radius 3 is 2.47 bits per heavy atom. The second-order valence-corrected chi connectivity index (χ2v) is 8.68. The van der Waals surface area contributed by atoms with E-state index in [1.165, 1.54) is 16.7 Å². The summed E-state index contributed by atoms with van der Waals surface area (Å²) in [6.07, 6.45) is 1.86. The van der Waals surface area contributed by atoms with Crippen molar-refractivity contribution in [1.82, 2.24) is 4.90 Å². The van der Waals surface area contributed by atoms with Gasteiger partial charge in [-0.2, -0.15) is 0 Å². The lowest BCUT2D eigenvalue weighted by molar-refractivity contribution is -0.137. The number of rotatable bonds is 8. The van der Waals surface area contributed by atoms with E-state index >= 15 is 0 Å². The van der Waals surface area contributed by atoms with Gasteiger partial charge in [0, 0.05) is 29.1 Å². The lowest BCUT2D eigenvalue weighted by Crippen LogP contribution is -2.46. The standard InChI is InChI=1S/C23H25N3O5S/c1-30-18-9-7-16(8-10-18)24-23(29)20-13-32-14-26(20)21(27)12-31-19-4-2-3-17(11-19)25-22(28)15-5-6-15/h2-4,7-11,15,20H,5-6,12-14H2,1H3,(H,24,29)(H,25,28). The molecule has 0 spiro atoms. The van der Waals surface area contributed by atoms with Crippen LogP contribution in [-0.4, -0.2) is 54.0 Å². The highest BCUT2D eigenvalue weighted by Crippen LogP contribution is 2.30. The third-order valence-electron chi connectivity index (χ3n) is 5.27. The first kappa shape index (κ1) is 22.0. The van der Waals surface area contributed by atoms with Gasteiger partial charge in [-0.25, -0.2) is 0 Å². The molecule has 2 aromatic rings. The predicted octanol–water partition coefficient (Wildman–Crippen LogP) is 2.96. The quantitative estimate of drug-likeness (QED) is 0.635. The summed E-state index contributed by atoms with van der Waals surface area (Å²) in [5.74, 6) is 1.75. The number of nitrogens with one attached hydrogen (secondary N) is 2. The van der Waals surface area contributed by atoms with Gasteiger partial charge in [0.05, 0.1) is 13.0 Å². The Bertz CT molecular complexity index is 993. The number of hydrogen-bond acceptors (Lipinski definition) is 6. The van der Waals surface area contributed by atoms with Gasteiger partial charge < -0.3 is 25.0 Å². The van der Waals surface area contributed by atoms with Crippen LogP contribution in [-0.2, 0) is 14.4 Å². The van der Waals surface area contributed by atoms with Gasteiger partial charge in [-0.15, -0.1) is 11.8 Å². The minimum absolute atomic E-state index is 0.0121. The molecule has 0 bridgehead atoms. The number of anilines is 2. The molecular weight excluding hydrogens is 430 g/mol. The van der Waals surface area contributed by atoms with Crippen LogP contribution in [0.3, 0.4) is 0 Å². The number of amides is 3. The molecule has 1 atom stereocenters. The molecule has 1 heterocycles. The number of ether oxygens (including phenoxy) is 2. The van der Waals surface area contributed by atoms with Crippen molar-refractivity contribution in [3.8, 4) is 11.5 Å². The topological polar surface area (TPSA) is 97.0 Å². The van der Waals surface area contributed by atoms with E-state index in [1.807, 2.05) is 0 Å². The Morgan fingerprint density at radius 1 is 1.00 bits per heavy atom. The fourth-order valence-corrected chi connectivity index (χ4v) is 4.47. The van der Waals surface area contributed by atoms with Crippen molar-refractivity contribution in [3.63, 3.8) is 0 Å². The highest BCUT2D eigenvalue weighted by molar-refractivity contribution is 7.99. The molecule has 2 aliphatic rings. The van der Waals surface area contributed by atoms with Crippen molar-refractivity contribution in [2.24, 2.45) is 5.92 Å². The molecule has 1 aliphatic carbocycles. The predicted molar refractivity (Wildman–Crippen MR) is 123 cm³/mol. The van der Waals surface area contributed by atoms with Gasteiger partial charge in [-0.1, -0.05) is 6.07 Å². The minimum atomic E-state index is -0.567. The number of nitrogens with zero attached hydrogens (tertiary/aromatic N) is 1. The Balaban J connectivity index is 1.31. The monoisotopic (exact) mass is 455 g/mol. The summed E-state index contributed by atoms with van der Waals surface area (Å²) in [4.78, 5) is 38.9. The summed E-state index contributed by atoms with van der Waals surface area (Å²) < 4.78 is 10.8. The van der Waals surface area contributed by atoms with Crippen molar-refractivity contribution in [3.05, 3.63) is 48.5 Å². The van der Waals surface area contributed by atoms with Gasteiger partial charge >= 0.3 is 0 Å². The Hall–Kier alpha value is -3.20. The van der Waals surface area contributed by atoms with Crippen LogP contribution >= 0.6 is 11.8 Å². The van der Waals surface area contributed by atoms with Crippen molar-refractivity contribution < 1.29 is 23.9 Å². The third-order valence-corrected chi connectivity index (χ3v) is 6.29. The fraction of sp³-hybridized carbons (Fsp3) is 0.348.